The van der Waals surface area contributed by atoms with E-state index >= 15 is 0 Å². The summed E-state index contributed by atoms with van der Waals surface area (Å²) in [6.45, 7) is 26.6. The summed E-state index contributed by atoms with van der Waals surface area (Å²) in [5, 5.41) is 17.7. The van der Waals surface area contributed by atoms with E-state index in [4.69, 9.17) is 9.10 Å². The number of aliphatic hydroxyl groups is 1. The second-order valence-electron chi connectivity index (χ2n) is 17.5. The average molecular weight is 991 g/mol. The minimum absolute atomic E-state index is 0. The Hall–Kier alpha value is -3.24. The molecule has 0 spiro atoms. The number of hydrogen-bond donors (Lipinski definition) is 1. The number of fused-ring (bicyclic) bond motifs is 5. The van der Waals surface area contributed by atoms with Gasteiger partial charge in [-0.15, -0.1) is 40.5 Å². The van der Waals surface area contributed by atoms with Crippen molar-refractivity contribution in [3.8, 4) is 22.4 Å². The third-order valence-corrected chi connectivity index (χ3v) is 21.0. The molecule has 1 aliphatic rings. The molecule has 7 rings (SSSR count). The predicted molar refractivity (Wildman–Crippen MR) is 247 cm³/mol. The van der Waals surface area contributed by atoms with Crippen molar-refractivity contribution in [2.75, 3.05) is 0 Å². The number of nitrogens with zero attached hydrogens (tertiary/aromatic N) is 1. The minimum Gasteiger partial charge on any atom is -0.512 e. The van der Waals surface area contributed by atoms with Gasteiger partial charge in [0, 0.05) is 64.7 Å². The maximum atomic E-state index is 11.7. The Morgan fingerprint density at radius 1 is 0.825 bits per heavy atom. The van der Waals surface area contributed by atoms with Gasteiger partial charge in [-0.25, -0.2) is 0 Å². The molecule has 4 nitrogen and oxygen atoms in total. The van der Waals surface area contributed by atoms with E-state index in [0.29, 0.717) is 0 Å². The molecule has 3 heterocycles. The molecular formula is C49H60IrNO3SSi2-. The molecule has 0 saturated heterocycles. The van der Waals surface area contributed by atoms with Gasteiger partial charge < -0.3 is 9.22 Å². The zero-order chi connectivity index (χ0) is 40.7. The van der Waals surface area contributed by atoms with E-state index < -0.39 is 16.6 Å². The second-order valence-corrected chi connectivity index (χ2v) is 26.5. The van der Waals surface area contributed by atoms with Crippen LogP contribution in [0.5, 0.6) is 0 Å². The number of pyridine rings is 1. The van der Waals surface area contributed by atoms with Gasteiger partial charge in [0.05, 0.1) is 5.76 Å². The molecule has 0 atom stereocenters. The first-order chi connectivity index (χ1) is 26.4. The van der Waals surface area contributed by atoms with Gasteiger partial charge in [-0.05, 0) is 103 Å². The van der Waals surface area contributed by atoms with Gasteiger partial charge >= 0.3 is 0 Å². The molecule has 8 heteroatoms. The molecule has 6 aromatic rings. The minimum atomic E-state index is -1.89. The van der Waals surface area contributed by atoms with E-state index in [0.717, 1.165) is 42.3 Å². The molecule has 2 aromatic heterocycles. The molecule has 0 aliphatic carbocycles. The molecule has 1 radical (unpaired) electrons. The van der Waals surface area contributed by atoms with Crippen molar-refractivity contribution < 1.29 is 34.1 Å². The second kappa shape index (κ2) is 17.5. The number of aromatic nitrogens is 1. The maximum Gasteiger partial charge on any atom is 0.206 e. The van der Waals surface area contributed by atoms with Gasteiger partial charge in [0.25, 0.3) is 0 Å². The van der Waals surface area contributed by atoms with Gasteiger partial charge in [0.1, 0.15) is 0 Å². The standard InChI is InChI=1S/C36H36NOSSi2.C13H24O2.Ir/c1-22-26(24-13-16-31-32(21-24)41(7,8)38-40(31,5)6)14-15-28-29-17-18-37-33(35(29)39-34(22)28)25-19-23-11-9-10-12-27(23)30(20-25)36(2,3)4;1-5-10(6-2)12(14)9-13(15)11(7-3)8-4;/h9-18,20-21H,1-8H3;9-11,14H,5-8H2,1-4H3;/q-1;;/b;12-9-;. The number of carbonyl (C=O) groups excluding carboxylic acids is 1. The van der Waals surface area contributed by atoms with Crippen molar-refractivity contribution in [2.24, 2.45) is 11.8 Å². The van der Waals surface area contributed by atoms with Gasteiger partial charge in [-0.3, -0.25) is 9.78 Å². The first-order valence-corrected chi connectivity index (χ1v) is 27.2. The van der Waals surface area contributed by atoms with Crippen LogP contribution in [-0.2, 0) is 34.4 Å². The van der Waals surface area contributed by atoms with E-state index in [2.05, 4.69) is 127 Å². The molecule has 0 amide bonds. The summed E-state index contributed by atoms with van der Waals surface area (Å²) in [7, 11) is -3.71. The van der Waals surface area contributed by atoms with Crippen molar-refractivity contribution in [3.05, 3.63) is 102 Å². The van der Waals surface area contributed by atoms with Crippen molar-refractivity contribution in [1.82, 2.24) is 4.98 Å². The van der Waals surface area contributed by atoms with Crippen LogP contribution in [0.15, 0.2) is 84.8 Å². The summed E-state index contributed by atoms with van der Waals surface area (Å²) >= 11 is 1.87. The first-order valence-electron chi connectivity index (χ1n) is 20.5. The van der Waals surface area contributed by atoms with Gasteiger partial charge in [-0.1, -0.05) is 108 Å². The van der Waals surface area contributed by atoms with Gasteiger partial charge in [0.15, 0.2) is 5.78 Å². The number of allylic oxidation sites excluding steroid dienone is 2. The Bertz CT molecular complexity index is 2450. The number of rotatable bonds is 9. The zero-order valence-electron chi connectivity index (χ0n) is 35.9. The topological polar surface area (TPSA) is 59.4 Å². The Kier molecular flexibility index (Phi) is 13.8. The van der Waals surface area contributed by atoms with Crippen molar-refractivity contribution in [1.29, 1.82) is 0 Å². The fourth-order valence-corrected chi connectivity index (χ4v) is 20.2. The number of aryl methyl sites for hydroxylation is 1. The van der Waals surface area contributed by atoms with E-state index in [1.807, 2.05) is 45.2 Å². The molecule has 0 fully saturated rings. The van der Waals surface area contributed by atoms with Crippen molar-refractivity contribution in [3.63, 3.8) is 0 Å². The van der Waals surface area contributed by atoms with E-state index in [-0.39, 0.29) is 48.9 Å². The molecule has 0 saturated carbocycles. The van der Waals surface area contributed by atoms with Gasteiger partial charge in [0.2, 0.25) is 16.6 Å². The summed E-state index contributed by atoms with van der Waals surface area (Å²) in [6.07, 6.45) is 6.87. The molecule has 0 unspecified atom stereocenters. The van der Waals surface area contributed by atoms with Crippen LogP contribution < -0.4 is 10.4 Å². The van der Waals surface area contributed by atoms with Crippen LogP contribution >= 0.6 is 11.3 Å². The molecule has 1 N–H and O–H groups in total. The van der Waals surface area contributed by atoms with Crippen LogP contribution in [0.3, 0.4) is 0 Å². The summed E-state index contributed by atoms with van der Waals surface area (Å²) in [5.74, 6) is 0.547. The normalized spacial score (nSPS) is 14.9. The third kappa shape index (κ3) is 8.88. The number of thiophene rings is 1. The maximum absolute atomic E-state index is 11.7. The van der Waals surface area contributed by atoms with Gasteiger partial charge in [-0.2, -0.15) is 0 Å². The fraction of sp³-hybridized carbons (Fsp3) is 0.388. The van der Waals surface area contributed by atoms with Crippen LogP contribution in [-0.4, -0.2) is 32.5 Å². The smallest absolute Gasteiger partial charge is 0.206 e. The number of ketones is 1. The SMILES string of the molecule is CCC(CC)C(=O)/C=C(\O)C(CC)CC.Cc1c(-c2ccc3c(c2)[Si](C)(C)O[Si]3(C)C)ccc2c1sc1c(-c3[c-]c4ccccc4c(C(C)(C)C)c3)nccc12.[Ir]. The summed E-state index contributed by atoms with van der Waals surface area (Å²) in [4.78, 5) is 16.7. The van der Waals surface area contributed by atoms with Crippen molar-refractivity contribution >= 4 is 75.1 Å². The molecule has 303 valence electrons. The molecule has 57 heavy (non-hydrogen) atoms. The average Bonchev–Trinajstić information content (AvgIpc) is 3.63. The number of benzene rings is 4. The summed E-state index contributed by atoms with van der Waals surface area (Å²) in [6, 6.07) is 28.6. The summed E-state index contributed by atoms with van der Waals surface area (Å²) in [5.41, 5.74) is 7.38. The molecule has 1 aliphatic heterocycles. The number of carbonyl (C=O) groups is 1. The summed E-state index contributed by atoms with van der Waals surface area (Å²) < 4.78 is 9.29. The largest absolute Gasteiger partial charge is 0.512 e. The Morgan fingerprint density at radius 3 is 2.11 bits per heavy atom. The fourth-order valence-electron chi connectivity index (χ4n) is 8.65. The quantitative estimate of drug-likeness (QED) is 0.0679. The molecule has 0 bridgehead atoms. The van der Waals surface area contributed by atoms with Crippen LogP contribution in [0.4, 0.5) is 0 Å². The Morgan fingerprint density at radius 2 is 1.46 bits per heavy atom. The van der Waals surface area contributed by atoms with E-state index in [1.165, 1.54) is 64.3 Å². The molecule has 4 aromatic carbocycles. The molecular weight excluding hydrogens is 931 g/mol. The predicted octanol–water partition coefficient (Wildman–Crippen LogP) is 13.1. The van der Waals surface area contributed by atoms with Crippen molar-refractivity contribution in [2.45, 2.75) is 113 Å². The zero-order valence-corrected chi connectivity index (χ0v) is 41.2. The van der Waals surface area contributed by atoms with E-state index in [9.17, 15) is 9.90 Å². The number of aliphatic hydroxyl groups excluding tert-OH is 1. The van der Waals surface area contributed by atoms with Crippen LogP contribution in [0.1, 0.15) is 85.3 Å². The van der Waals surface area contributed by atoms with Crippen LogP contribution in [0, 0.1) is 24.8 Å². The number of hydrogen-bond acceptors (Lipinski definition) is 5. The Labute approximate surface area is 360 Å². The first kappa shape index (κ1) is 44.9. The van der Waals surface area contributed by atoms with E-state index in [1.54, 1.807) is 0 Å². The monoisotopic (exact) mass is 991 g/mol. The Balaban J connectivity index is 0.000000333. The van der Waals surface area contributed by atoms with Crippen LogP contribution in [0.25, 0.3) is 53.3 Å². The third-order valence-electron chi connectivity index (χ3n) is 11.9. The van der Waals surface area contributed by atoms with Crippen LogP contribution in [0.2, 0.25) is 26.2 Å².